The molecule has 4 rings (SSSR count). The number of benzene rings is 3. The summed E-state index contributed by atoms with van der Waals surface area (Å²) in [4.78, 5) is 29.8. The van der Waals surface area contributed by atoms with Crippen LogP contribution >= 0.6 is 39.0 Å². The molecular formula is C24H17BrFN3O2S2. The lowest BCUT2D eigenvalue weighted by molar-refractivity contribution is -0.113. The van der Waals surface area contributed by atoms with Crippen molar-refractivity contribution in [3.63, 3.8) is 0 Å². The van der Waals surface area contributed by atoms with Gasteiger partial charge in [0.05, 0.1) is 17.0 Å². The zero-order valence-electron chi connectivity index (χ0n) is 17.0. The van der Waals surface area contributed by atoms with Gasteiger partial charge in [-0.15, -0.1) is 23.1 Å². The molecule has 1 aromatic heterocycles. The van der Waals surface area contributed by atoms with Gasteiger partial charge < -0.3 is 10.6 Å². The molecule has 0 fully saturated rings. The van der Waals surface area contributed by atoms with Gasteiger partial charge in [-0.25, -0.2) is 9.37 Å². The number of nitrogens with one attached hydrogen (secondary N) is 2. The summed E-state index contributed by atoms with van der Waals surface area (Å²) < 4.78 is 14.7. The van der Waals surface area contributed by atoms with Gasteiger partial charge in [-0.1, -0.05) is 40.2 Å². The van der Waals surface area contributed by atoms with E-state index in [4.69, 9.17) is 0 Å². The normalized spacial score (nSPS) is 10.6. The fourth-order valence-corrected chi connectivity index (χ4v) is 4.57. The predicted octanol–water partition coefficient (Wildman–Crippen LogP) is 6.69. The number of anilines is 2. The first-order valence-electron chi connectivity index (χ1n) is 9.78. The molecule has 0 saturated carbocycles. The van der Waals surface area contributed by atoms with Gasteiger partial charge in [-0.05, 0) is 48.5 Å². The number of thioether (sulfide) groups is 1. The molecular weight excluding hydrogens is 525 g/mol. The average molecular weight is 542 g/mol. The summed E-state index contributed by atoms with van der Waals surface area (Å²) in [6.07, 6.45) is 0. The molecule has 3 aromatic carbocycles. The van der Waals surface area contributed by atoms with Gasteiger partial charge in [-0.2, -0.15) is 0 Å². The molecule has 2 amide bonds. The Morgan fingerprint density at radius 2 is 1.70 bits per heavy atom. The number of aromatic nitrogens is 1. The molecule has 0 aliphatic carbocycles. The zero-order chi connectivity index (χ0) is 23.2. The van der Waals surface area contributed by atoms with Gasteiger partial charge in [0.1, 0.15) is 5.82 Å². The molecule has 4 aromatic rings. The Morgan fingerprint density at radius 1 is 0.970 bits per heavy atom. The minimum Gasteiger partial charge on any atom is -0.322 e. The van der Waals surface area contributed by atoms with Crippen LogP contribution in [0.2, 0.25) is 0 Å². The van der Waals surface area contributed by atoms with Crippen LogP contribution in [0.5, 0.6) is 0 Å². The predicted molar refractivity (Wildman–Crippen MR) is 135 cm³/mol. The van der Waals surface area contributed by atoms with Crippen molar-refractivity contribution < 1.29 is 14.0 Å². The number of nitrogens with zero attached hydrogens (tertiary/aromatic N) is 1. The van der Waals surface area contributed by atoms with Crippen molar-refractivity contribution in [2.24, 2.45) is 0 Å². The van der Waals surface area contributed by atoms with E-state index in [1.165, 1.54) is 41.3 Å². The SMILES string of the molecule is O=C(CSc1ccc(NC(=O)c2ccccc2F)cc1)Nc1nc(-c2ccc(Br)cc2)cs1. The monoisotopic (exact) mass is 541 g/mol. The van der Waals surface area contributed by atoms with Crippen molar-refractivity contribution in [1.82, 2.24) is 4.98 Å². The van der Waals surface area contributed by atoms with Crippen molar-refractivity contribution in [3.05, 3.63) is 94.0 Å². The van der Waals surface area contributed by atoms with Crippen molar-refractivity contribution in [1.29, 1.82) is 0 Å². The summed E-state index contributed by atoms with van der Waals surface area (Å²) in [5.41, 5.74) is 2.31. The molecule has 0 spiro atoms. The molecule has 2 N–H and O–H groups in total. The Hall–Kier alpha value is -3.01. The van der Waals surface area contributed by atoms with E-state index in [-0.39, 0.29) is 17.2 Å². The highest BCUT2D eigenvalue weighted by Gasteiger charge is 2.12. The molecule has 0 aliphatic rings. The van der Waals surface area contributed by atoms with E-state index in [1.807, 2.05) is 29.6 Å². The first-order valence-corrected chi connectivity index (χ1v) is 12.4. The van der Waals surface area contributed by atoms with E-state index in [1.54, 1.807) is 30.3 Å². The average Bonchev–Trinajstić information content (AvgIpc) is 3.27. The highest BCUT2D eigenvalue weighted by atomic mass is 79.9. The standard InChI is InChI=1S/C24H17BrFN3O2S2/c25-16-7-5-15(6-8-16)21-13-33-24(28-21)29-22(30)14-32-18-11-9-17(10-12-18)27-23(31)19-3-1-2-4-20(19)26/h1-13H,14H2,(H,27,31)(H,28,29,30). The number of thiazole rings is 1. The highest BCUT2D eigenvalue weighted by Crippen LogP contribution is 2.27. The molecule has 0 unspecified atom stereocenters. The maximum absolute atomic E-state index is 13.7. The number of carbonyl (C=O) groups is 2. The van der Waals surface area contributed by atoms with Gasteiger partial charge in [-0.3, -0.25) is 9.59 Å². The summed E-state index contributed by atoms with van der Waals surface area (Å²) in [7, 11) is 0. The molecule has 0 radical (unpaired) electrons. The summed E-state index contributed by atoms with van der Waals surface area (Å²) in [6, 6.07) is 20.6. The molecule has 33 heavy (non-hydrogen) atoms. The number of rotatable bonds is 7. The smallest absolute Gasteiger partial charge is 0.258 e. The van der Waals surface area contributed by atoms with E-state index in [0.717, 1.165) is 20.6 Å². The maximum atomic E-state index is 13.7. The second-order valence-electron chi connectivity index (χ2n) is 6.84. The number of halogens is 2. The maximum Gasteiger partial charge on any atom is 0.258 e. The lowest BCUT2D eigenvalue weighted by atomic mass is 10.2. The minimum absolute atomic E-state index is 0.0156. The van der Waals surface area contributed by atoms with Crippen LogP contribution in [0.25, 0.3) is 11.3 Å². The van der Waals surface area contributed by atoms with E-state index in [9.17, 15) is 14.0 Å². The zero-order valence-corrected chi connectivity index (χ0v) is 20.3. The first kappa shape index (κ1) is 23.2. The van der Waals surface area contributed by atoms with Gasteiger partial charge in [0.2, 0.25) is 5.91 Å². The lowest BCUT2D eigenvalue weighted by Crippen LogP contribution is -2.14. The quantitative estimate of drug-likeness (QED) is 0.255. The van der Waals surface area contributed by atoms with Crippen molar-refractivity contribution in [3.8, 4) is 11.3 Å². The molecule has 0 bridgehead atoms. The van der Waals surface area contributed by atoms with Crippen LogP contribution in [0, 0.1) is 5.82 Å². The Labute approximate surface area is 206 Å². The van der Waals surface area contributed by atoms with E-state index in [0.29, 0.717) is 10.8 Å². The molecule has 0 atom stereocenters. The van der Waals surface area contributed by atoms with Crippen LogP contribution in [0.15, 0.2) is 87.5 Å². The topological polar surface area (TPSA) is 71.1 Å². The molecule has 166 valence electrons. The van der Waals surface area contributed by atoms with Crippen LogP contribution in [0.1, 0.15) is 10.4 Å². The fourth-order valence-electron chi connectivity index (χ4n) is 2.87. The van der Waals surface area contributed by atoms with E-state index < -0.39 is 11.7 Å². The Kier molecular flexibility index (Phi) is 7.54. The molecule has 0 aliphatic heterocycles. The third-order valence-corrected chi connectivity index (χ3v) is 6.79. The Balaban J connectivity index is 1.28. The lowest BCUT2D eigenvalue weighted by Gasteiger charge is -2.07. The van der Waals surface area contributed by atoms with Crippen molar-refractivity contribution in [2.45, 2.75) is 4.90 Å². The van der Waals surface area contributed by atoms with Crippen molar-refractivity contribution >= 4 is 61.7 Å². The van der Waals surface area contributed by atoms with Gasteiger partial charge >= 0.3 is 0 Å². The van der Waals surface area contributed by atoms with E-state index >= 15 is 0 Å². The first-order chi connectivity index (χ1) is 16.0. The minimum atomic E-state index is -0.572. The molecule has 1 heterocycles. The van der Waals surface area contributed by atoms with Gasteiger partial charge in [0.25, 0.3) is 5.91 Å². The third kappa shape index (κ3) is 6.28. The van der Waals surface area contributed by atoms with Crippen LogP contribution in [-0.4, -0.2) is 22.6 Å². The van der Waals surface area contributed by atoms with Gasteiger partial charge in [0, 0.05) is 26.0 Å². The Bertz CT molecular complexity index is 1280. The van der Waals surface area contributed by atoms with Crippen LogP contribution in [0.3, 0.4) is 0 Å². The highest BCUT2D eigenvalue weighted by molar-refractivity contribution is 9.10. The third-order valence-electron chi connectivity index (χ3n) is 4.49. The summed E-state index contributed by atoms with van der Waals surface area (Å²) >= 11 is 6.15. The second-order valence-corrected chi connectivity index (χ2v) is 9.66. The molecule has 5 nitrogen and oxygen atoms in total. The summed E-state index contributed by atoms with van der Waals surface area (Å²) in [5.74, 6) is -1.03. The number of hydrogen-bond acceptors (Lipinski definition) is 5. The summed E-state index contributed by atoms with van der Waals surface area (Å²) in [6.45, 7) is 0. The van der Waals surface area contributed by atoms with E-state index in [2.05, 4.69) is 31.5 Å². The summed E-state index contributed by atoms with van der Waals surface area (Å²) in [5, 5.41) is 7.94. The molecule has 0 saturated heterocycles. The van der Waals surface area contributed by atoms with Gasteiger partial charge in [0.15, 0.2) is 5.13 Å². The molecule has 9 heteroatoms. The van der Waals surface area contributed by atoms with Crippen LogP contribution in [-0.2, 0) is 4.79 Å². The number of carbonyl (C=O) groups excluding carboxylic acids is 2. The number of amides is 2. The Morgan fingerprint density at radius 3 is 2.42 bits per heavy atom. The largest absolute Gasteiger partial charge is 0.322 e. The fraction of sp³-hybridized carbons (Fsp3) is 0.0417. The second kappa shape index (κ2) is 10.7. The van der Waals surface area contributed by atoms with Crippen LogP contribution < -0.4 is 10.6 Å². The van der Waals surface area contributed by atoms with Crippen molar-refractivity contribution in [2.75, 3.05) is 16.4 Å². The van der Waals surface area contributed by atoms with Crippen LogP contribution in [0.4, 0.5) is 15.2 Å². The number of hydrogen-bond donors (Lipinski definition) is 2.